The molecule has 0 fully saturated rings. The fourth-order valence-corrected chi connectivity index (χ4v) is 1.40. The van der Waals surface area contributed by atoms with Crippen LogP contribution in [0.2, 0.25) is 0 Å². The van der Waals surface area contributed by atoms with E-state index < -0.39 is 0 Å². The summed E-state index contributed by atoms with van der Waals surface area (Å²) in [5.41, 5.74) is 6.60. The number of benzene rings is 1. The molecule has 5 heteroatoms. The van der Waals surface area contributed by atoms with Crippen LogP contribution in [0.1, 0.15) is 20.3 Å². The quantitative estimate of drug-likeness (QED) is 0.685. The number of hydrogen-bond donors (Lipinski definition) is 3. The summed E-state index contributed by atoms with van der Waals surface area (Å²) in [6, 6.07) is 4.27. The molecule has 0 radical (unpaired) electrons. The molecule has 0 bridgehead atoms. The van der Waals surface area contributed by atoms with Crippen molar-refractivity contribution in [2.24, 2.45) is 0 Å². The molecule has 0 unspecified atom stereocenters. The number of carbonyl (C=O) groups excluding carboxylic acids is 1. The lowest BCUT2D eigenvalue weighted by Crippen LogP contribution is -2.31. The summed E-state index contributed by atoms with van der Waals surface area (Å²) in [6.07, 6.45) is 0.356. The van der Waals surface area contributed by atoms with Crippen LogP contribution in [-0.2, 0) is 4.79 Å². The van der Waals surface area contributed by atoms with Gasteiger partial charge in [0.05, 0.1) is 11.4 Å². The van der Waals surface area contributed by atoms with E-state index in [2.05, 4.69) is 10.6 Å². The van der Waals surface area contributed by atoms with Gasteiger partial charge in [-0.05, 0) is 32.0 Å². The Labute approximate surface area is 100 Å². The first-order valence-corrected chi connectivity index (χ1v) is 5.57. The van der Waals surface area contributed by atoms with E-state index in [1.54, 1.807) is 6.07 Å². The van der Waals surface area contributed by atoms with Gasteiger partial charge in [-0.2, -0.15) is 0 Å². The molecule has 1 aromatic rings. The molecule has 17 heavy (non-hydrogen) atoms. The van der Waals surface area contributed by atoms with Crippen LogP contribution in [0.4, 0.5) is 15.8 Å². The summed E-state index contributed by atoms with van der Waals surface area (Å²) in [6.45, 7) is 4.28. The standard InChI is InChI=1S/C12H18FN3O/c1-8(2)16-12(17)5-6-15-11-4-3-9(13)7-10(11)14/h3-4,7-8,15H,5-6,14H2,1-2H3,(H,16,17). The minimum atomic E-state index is -0.370. The lowest BCUT2D eigenvalue weighted by molar-refractivity contribution is -0.121. The lowest BCUT2D eigenvalue weighted by Gasteiger charge is -2.11. The number of nitrogens with one attached hydrogen (secondary N) is 2. The second kappa shape index (κ2) is 6.08. The highest BCUT2D eigenvalue weighted by Crippen LogP contribution is 2.18. The van der Waals surface area contributed by atoms with Gasteiger partial charge in [-0.3, -0.25) is 4.79 Å². The minimum Gasteiger partial charge on any atom is -0.397 e. The number of halogens is 1. The average molecular weight is 239 g/mol. The Balaban J connectivity index is 2.38. The molecular formula is C12H18FN3O. The molecule has 0 spiro atoms. The molecule has 4 N–H and O–H groups in total. The third kappa shape index (κ3) is 4.72. The van der Waals surface area contributed by atoms with Gasteiger partial charge < -0.3 is 16.4 Å². The van der Waals surface area contributed by atoms with Crippen LogP contribution >= 0.6 is 0 Å². The maximum Gasteiger partial charge on any atom is 0.221 e. The zero-order chi connectivity index (χ0) is 12.8. The minimum absolute atomic E-state index is 0.0202. The summed E-state index contributed by atoms with van der Waals surface area (Å²) >= 11 is 0. The fraction of sp³-hybridized carbons (Fsp3) is 0.417. The van der Waals surface area contributed by atoms with Gasteiger partial charge in [0, 0.05) is 19.0 Å². The van der Waals surface area contributed by atoms with Gasteiger partial charge in [-0.25, -0.2) is 4.39 Å². The molecule has 0 aliphatic rings. The monoisotopic (exact) mass is 239 g/mol. The van der Waals surface area contributed by atoms with Crippen molar-refractivity contribution in [3.05, 3.63) is 24.0 Å². The number of amides is 1. The topological polar surface area (TPSA) is 67.2 Å². The predicted octanol–water partition coefficient (Wildman–Crippen LogP) is 1.73. The van der Waals surface area contributed by atoms with E-state index >= 15 is 0 Å². The molecule has 1 amide bonds. The number of anilines is 2. The van der Waals surface area contributed by atoms with Gasteiger partial charge in [0.15, 0.2) is 0 Å². The molecular weight excluding hydrogens is 221 g/mol. The smallest absolute Gasteiger partial charge is 0.221 e. The van der Waals surface area contributed by atoms with Crippen molar-refractivity contribution in [2.45, 2.75) is 26.3 Å². The first kappa shape index (κ1) is 13.3. The van der Waals surface area contributed by atoms with Crippen LogP contribution in [-0.4, -0.2) is 18.5 Å². The van der Waals surface area contributed by atoms with E-state index in [1.807, 2.05) is 13.8 Å². The molecule has 0 heterocycles. The first-order valence-electron chi connectivity index (χ1n) is 5.57. The van der Waals surface area contributed by atoms with Gasteiger partial charge in [0.2, 0.25) is 5.91 Å². The third-order valence-electron chi connectivity index (χ3n) is 2.13. The van der Waals surface area contributed by atoms with E-state index in [9.17, 15) is 9.18 Å². The van der Waals surface area contributed by atoms with Crippen molar-refractivity contribution in [1.82, 2.24) is 5.32 Å². The largest absolute Gasteiger partial charge is 0.397 e. The summed E-state index contributed by atoms with van der Waals surface area (Å²) < 4.78 is 12.8. The van der Waals surface area contributed by atoms with Crippen molar-refractivity contribution in [2.75, 3.05) is 17.6 Å². The van der Waals surface area contributed by atoms with Gasteiger partial charge in [0.1, 0.15) is 5.82 Å². The van der Waals surface area contributed by atoms with E-state index in [0.29, 0.717) is 24.3 Å². The number of hydrogen-bond acceptors (Lipinski definition) is 3. The molecule has 0 saturated carbocycles. The van der Waals surface area contributed by atoms with Crippen LogP contribution in [0, 0.1) is 5.82 Å². The fourth-order valence-electron chi connectivity index (χ4n) is 1.40. The first-order chi connectivity index (χ1) is 7.99. The maximum absolute atomic E-state index is 12.8. The molecule has 1 rings (SSSR count). The molecule has 0 atom stereocenters. The Bertz CT molecular complexity index is 393. The normalized spacial score (nSPS) is 10.4. The van der Waals surface area contributed by atoms with E-state index in [0.717, 1.165) is 0 Å². The number of carbonyl (C=O) groups is 1. The SMILES string of the molecule is CC(C)NC(=O)CCNc1ccc(F)cc1N. The van der Waals surface area contributed by atoms with Crippen LogP contribution < -0.4 is 16.4 Å². The van der Waals surface area contributed by atoms with Crippen LogP contribution in [0.5, 0.6) is 0 Å². The zero-order valence-corrected chi connectivity index (χ0v) is 10.1. The molecule has 0 aliphatic carbocycles. The van der Waals surface area contributed by atoms with E-state index in [1.165, 1.54) is 12.1 Å². The van der Waals surface area contributed by atoms with Crippen LogP contribution in [0.25, 0.3) is 0 Å². The summed E-state index contributed by atoms with van der Waals surface area (Å²) in [5.74, 6) is -0.390. The Morgan fingerprint density at radius 2 is 2.18 bits per heavy atom. The van der Waals surface area contributed by atoms with Crippen molar-refractivity contribution in [1.29, 1.82) is 0 Å². The molecule has 0 saturated heterocycles. The van der Waals surface area contributed by atoms with E-state index in [4.69, 9.17) is 5.73 Å². The Kier molecular flexibility index (Phi) is 4.75. The second-order valence-corrected chi connectivity index (χ2v) is 4.13. The highest BCUT2D eigenvalue weighted by molar-refractivity contribution is 5.77. The van der Waals surface area contributed by atoms with Gasteiger partial charge in [0.25, 0.3) is 0 Å². The van der Waals surface area contributed by atoms with E-state index in [-0.39, 0.29) is 17.8 Å². The number of nitrogens with two attached hydrogens (primary N) is 1. The summed E-state index contributed by atoms with van der Waals surface area (Å²) in [5, 5.41) is 5.77. The van der Waals surface area contributed by atoms with Crippen LogP contribution in [0.15, 0.2) is 18.2 Å². The zero-order valence-electron chi connectivity index (χ0n) is 10.1. The number of rotatable bonds is 5. The molecule has 94 valence electrons. The van der Waals surface area contributed by atoms with Crippen molar-refractivity contribution in [3.8, 4) is 0 Å². The maximum atomic E-state index is 12.8. The van der Waals surface area contributed by atoms with Crippen molar-refractivity contribution in [3.63, 3.8) is 0 Å². The molecule has 4 nitrogen and oxygen atoms in total. The average Bonchev–Trinajstić information content (AvgIpc) is 2.20. The highest BCUT2D eigenvalue weighted by atomic mass is 19.1. The van der Waals surface area contributed by atoms with Crippen LogP contribution in [0.3, 0.4) is 0 Å². The Morgan fingerprint density at radius 3 is 2.76 bits per heavy atom. The summed E-state index contributed by atoms with van der Waals surface area (Å²) in [7, 11) is 0. The van der Waals surface area contributed by atoms with Gasteiger partial charge >= 0.3 is 0 Å². The van der Waals surface area contributed by atoms with Gasteiger partial charge in [-0.1, -0.05) is 0 Å². The lowest BCUT2D eigenvalue weighted by atomic mass is 10.2. The highest BCUT2D eigenvalue weighted by Gasteiger charge is 2.04. The van der Waals surface area contributed by atoms with Gasteiger partial charge in [-0.15, -0.1) is 0 Å². The van der Waals surface area contributed by atoms with Crippen molar-refractivity contribution >= 4 is 17.3 Å². The molecule has 1 aromatic carbocycles. The second-order valence-electron chi connectivity index (χ2n) is 4.13. The predicted molar refractivity (Wildman–Crippen MR) is 67.2 cm³/mol. The van der Waals surface area contributed by atoms with Crippen molar-refractivity contribution < 1.29 is 9.18 Å². The Morgan fingerprint density at radius 1 is 1.47 bits per heavy atom. The summed E-state index contributed by atoms with van der Waals surface area (Å²) in [4.78, 5) is 11.3. The number of nitrogen functional groups attached to an aromatic ring is 1. The Hall–Kier alpha value is -1.78. The molecule has 0 aliphatic heterocycles. The molecule has 0 aromatic heterocycles. The third-order valence-corrected chi connectivity index (χ3v) is 2.13.